The normalized spacial score (nSPS) is 41.3. The molecule has 1 rings (SSSR count). The van der Waals surface area contributed by atoms with Gasteiger partial charge in [0.2, 0.25) is 0 Å². The Kier molecular flexibility index (Phi) is 2.01. The molecule has 0 aromatic carbocycles. The molecule has 10 heavy (non-hydrogen) atoms. The number of halogens is 1. The van der Waals surface area contributed by atoms with E-state index in [1.807, 2.05) is 0 Å². The van der Waals surface area contributed by atoms with E-state index in [1.165, 1.54) is 0 Å². The Morgan fingerprint density at radius 1 is 1.80 bits per heavy atom. The van der Waals surface area contributed by atoms with E-state index in [9.17, 15) is 4.91 Å². The van der Waals surface area contributed by atoms with Crippen LogP contribution < -0.4 is 5.73 Å². The Hall–Kier alpha value is -0.350. The highest BCUT2D eigenvalue weighted by atomic mass is 35.5. The van der Waals surface area contributed by atoms with Gasteiger partial charge >= 0.3 is 0 Å². The van der Waals surface area contributed by atoms with Gasteiger partial charge in [0.05, 0.1) is 17.3 Å². The van der Waals surface area contributed by atoms with Crippen molar-refractivity contribution in [3.8, 4) is 0 Å². The molecule has 0 aromatic rings. The van der Waals surface area contributed by atoms with Crippen molar-refractivity contribution in [3.05, 3.63) is 4.91 Å². The molecule has 60 valence electrons. The third-order valence-corrected chi connectivity index (χ3v) is 1.09. The van der Waals surface area contributed by atoms with E-state index in [0.717, 1.165) is 0 Å². The molecule has 0 aromatic heterocycles. The Morgan fingerprint density at radius 3 is 3.00 bits per heavy atom. The highest BCUT2D eigenvalue weighted by Crippen LogP contribution is 2.06. The van der Waals surface area contributed by atoms with E-state index in [2.05, 4.69) is 5.29 Å². The number of nitroso groups, excluding NO2 is 1. The standard InChI is InChI=1S/C5H11N3O.ClH/c6-5-2-1-3-8(4-5)7-9;/h5H,1-4,6H2;1H/i3D2,4D2;. The number of nitrogens with zero attached hydrogens (tertiary/aromatic N) is 2. The van der Waals surface area contributed by atoms with Crippen LogP contribution in [0.25, 0.3) is 0 Å². The van der Waals surface area contributed by atoms with Gasteiger partial charge in [-0.1, -0.05) is 0 Å². The molecule has 1 heterocycles. The number of hydrogen-bond acceptors (Lipinski definition) is 3. The van der Waals surface area contributed by atoms with Crippen molar-refractivity contribution in [2.24, 2.45) is 11.0 Å². The van der Waals surface area contributed by atoms with Crippen LogP contribution in [0, 0.1) is 4.91 Å². The van der Waals surface area contributed by atoms with Crippen molar-refractivity contribution >= 4 is 12.4 Å². The van der Waals surface area contributed by atoms with Gasteiger partial charge in [-0.05, 0) is 12.8 Å². The molecular formula is C5H12ClN3O. The van der Waals surface area contributed by atoms with Crippen molar-refractivity contribution in [2.75, 3.05) is 13.0 Å². The highest BCUT2D eigenvalue weighted by molar-refractivity contribution is 5.85. The minimum Gasteiger partial charge on any atom is -0.326 e. The van der Waals surface area contributed by atoms with Gasteiger partial charge in [0.25, 0.3) is 0 Å². The molecule has 1 unspecified atom stereocenters. The number of nitrogens with two attached hydrogens (primary N) is 1. The number of piperidine rings is 1. The van der Waals surface area contributed by atoms with Gasteiger partial charge in [-0.15, -0.1) is 17.3 Å². The second-order valence-electron chi connectivity index (χ2n) is 1.83. The van der Waals surface area contributed by atoms with Gasteiger partial charge in [0.1, 0.15) is 0 Å². The summed E-state index contributed by atoms with van der Waals surface area (Å²) in [7, 11) is 0. The van der Waals surface area contributed by atoms with Crippen molar-refractivity contribution in [2.45, 2.75) is 18.9 Å². The molecule has 5 heteroatoms. The van der Waals surface area contributed by atoms with E-state index < -0.39 is 19.0 Å². The first-order valence-corrected chi connectivity index (χ1v) is 2.71. The van der Waals surface area contributed by atoms with Crippen LogP contribution in [0.15, 0.2) is 5.29 Å². The zero-order valence-corrected chi connectivity index (χ0v) is 6.10. The first-order chi connectivity index (χ1) is 5.82. The zero-order chi connectivity index (χ0) is 10.3. The summed E-state index contributed by atoms with van der Waals surface area (Å²) < 4.78 is 29.4. The van der Waals surface area contributed by atoms with E-state index >= 15 is 0 Å². The molecule has 1 atom stereocenters. The molecule has 0 bridgehead atoms. The molecule has 0 aliphatic carbocycles. The van der Waals surface area contributed by atoms with Gasteiger partial charge in [-0.3, -0.25) is 5.01 Å². The molecule has 0 radical (unpaired) electrons. The summed E-state index contributed by atoms with van der Waals surface area (Å²) in [4.78, 5) is 10.3. The quantitative estimate of drug-likeness (QED) is 0.582. The van der Waals surface area contributed by atoms with Crippen molar-refractivity contribution in [3.63, 3.8) is 0 Å². The average molecular weight is 170 g/mol. The summed E-state index contributed by atoms with van der Waals surface area (Å²) in [6.07, 6.45) is 0.214. The second-order valence-corrected chi connectivity index (χ2v) is 1.83. The molecule has 0 saturated carbocycles. The molecule has 4 nitrogen and oxygen atoms in total. The minimum absolute atomic E-state index is 0. The van der Waals surface area contributed by atoms with Crippen molar-refractivity contribution in [1.82, 2.24) is 5.01 Å². The summed E-state index contributed by atoms with van der Waals surface area (Å²) in [5.74, 6) is 0. The lowest BCUT2D eigenvalue weighted by Gasteiger charge is -2.24. The van der Waals surface area contributed by atoms with Gasteiger partial charge < -0.3 is 5.73 Å². The number of rotatable bonds is 1. The fraction of sp³-hybridized carbons (Fsp3) is 1.00. The third-order valence-electron chi connectivity index (χ3n) is 1.09. The van der Waals surface area contributed by atoms with Gasteiger partial charge in [0.15, 0.2) is 0 Å². The summed E-state index contributed by atoms with van der Waals surface area (Å²) in [5, 5.41) is 2.63. The van der Waals surface area contributed by atoms with E-state index in [4.69, 9.17) is 11.2 Å². The van der Waals surface area contributed by atoms with Crippen LogP contribution in [0.3, 0.4) is 0 Å². The lowest BCUT2D eigenvalue weighted by Crippen LogP contribution is -2.39. The molecular weight excluding hydrogens is 154 g/mol. The first-order valence-electron chi connectivity index (χ1n) is 4.71. The van der Waals surface area contributed by atoms with Crippen LogP contribution in [0.4, 0.5) is 0 Å². The minimum atomic E-state index is -2.20. The van der Waals surface area contributed by atoms with Gasteiger partial charge in [0, 0.05) is 12.5 Å². The van der Waals surface area contributed by atoms with Crippen molar-refractivity contribution < 1.29 is 5.48 Å². The van der Waals surface area contributed by atoms with Crippen molar-refractivity contribution in [1.29, 1.82) is 0 Å². The maximum Gasteiger partial charge on any atom is 0.0543 e. The first kappa shape index (κ1) is 4.51. The molecule has 1 saturated heterocycles. The predicted molar refractivity (Wildman–Crippen MR) is 41.8 cm³/mol. The van der Waals surface area contributed by atoms with E-state index in [1.54, 1.807) is 0 Å². The summed E-state index contributed by atoms with van der Waals surface area (Å²) in [6.45, 7) is -4.25. The van der Waals surface area contributed by atoms with Crippen LogP contribution >= 0.6 is 12.4 Å². The van der Waals surface area contributed by atoms with Crippen LogP contribution in [0.1, 0.15) is 18.3 Å². The van der Waals surface area contributed by atoms with Gasteiger partial charge in [-0.2, -0.15) is 0 Å². The zero-order valence-electron chi connectivity index (χ0n) is 9.28. The molecule has 1 aliphatic rings. The number of hydrogen-bond donors (Lipinski definition) is 1. The fourth-order valence-electron chi connectivity index (χ4n) is 0.646. The molecule has 0 amide bonds. The summed E-state index contributed by atoms with van der Waals surface area (Å²) in [5.41, 5.74) is 5.42. The third kappa shape index (κ3) is 2.49. The Balaban J connectivity index is 0.00000169. The average Bonchev–Trinajstić information content (AvgIpc) is 1.98. The Labute approximate surface area is 71.7 Å². The van der Waals surface area contributed by atoms with Crippen LogP contribution in [-0.2, 0) is 0 Å². The molecule has 1 aliphatic heterocycles. The lowest BCUT2D eigenvalue weighted by atomic mass is 10.1. The molecule has 1 fully saturated rings. The summed E-state index contributed by atoms with van der Waals surface area (Å²) >= 11 is 0. The Bertz CT molecular complexity index is 227. The van der Waals surface area contributed by atoms with E-state index in [0.29, 0.717) is 0 Å². The van der Waals surface area contributed by atoms with E-state index in [-0.39, 0.29) is 30.3 Å². The maximum absolute atomic E-state index is 10.3. The van der Waals surface area contributed by atoms with Crippen LogP contribution in [0.5, 0.6) is 0 Å². The SMILES string of the molecule is Cl.[2H]C1([2H])CCC(N)C([2H])([2H])N1N=O. The summed E-state index contributed by atoms with van der Waals surface area (Å²) in [6, 6.07) is -0.881. The largest absolute Gasteiger partial charge is 0.326 e. The maximum atomic E-state index is 10.3. The lowest BCUT2D eigenvalue weighted by molar-refractivity contribution is 0.215. The second kappa shape index (κ2) is 4.46. The fourth-order valence-corrected chi connectivity index (χ4v) is 0.646. The Morgan fingerprint density at radius 2 is 2.50 bits per heavy atom. The topological polar surface area (TPSA) is 58.7 Å². The highest BCUT2D eigenvalue weighted by Gasteiger charge is 2.14. The monoisotopic (exact) mass is 169 g/mol. The van der Waals surface area contributed by atoms with Gasteiger partial charge in [-0.25, -0.2) is 0 Å². The molecule has 2 N–H and O–H groups in total. The molecule has 0 spiro atoms. The smallest absolute Gasteiger partial charge is 0.0543 e. The predicted octanol–water partition coefficient (Wildman–Crippen LogP) is 0.513. The van der Waals surface area contributed by atoms with Crippen LogP contribution in [0.2, 0.25) is 0 Å². The van der Waals surface area contributed by atoms with Crippen LogP contribution in [-0.4, -0.2) is 24.0 Å².